The number of hydrogen-bond donors (Lipinski definition) is 0. The lowest BCUT2D eigenvalue weighted by atomic mass is 9.99. The van der Waals surface area contributed by atoms with Crippen molar-refractivity contribution in [3.8, 4) is 28.4 Å². The lowest BCUT2D eigenvalue weighted by Crippen LogP contribution is -2.20. The molecule has 0 saturated heterocycles. The Morgan fingerprint density at radius 3 is 2.16 bits per heavy atom. The van der Waals surface area contributed by atoms with Crippen molar-refractivity contribution in [1.82, 2.24) is 0 Å². The van der Waals surface area contributed by atoms with Crippen LogP contribution in [0.5, 0.6) is 17.2 Å². The van der Waals surface area contributed by atoms with Crippen LogP contribution in [-0.4, -0.2) is 21.2 Å². The minimum absolute atomic E-state index is 0.820. The lowest BCUT2D eigenvalue weighted by molar-refractivity contribution is 0.410. The number of fused-ring (bicyclic) bond motifs is 1. The monoisotopic (exact) mass is 490 g/mol. The average molecular weight is 491 g/mol. The topological polar surface area (TPSA) is 24.9 Å². The molecular formula is C33H34N2O2. The van der Waals surface area contributed by atoms with E-state index in [0.717, 1.165) is 64.8 Å². The van der Waals surface area contributed by atoms with Gasteiger partial charge in [0.2, 0.25) is 0 Å². The van der Waals surface area contributed by atoms with Crippen LogP contribution in [0.2, 0.25) is 0 Å². The molecular weight excluding hydrogens is 456 g/mol. The molecule has 0 bridgehead atoms. The molecule has 0 spiro atoms. The molecule has 0 aromatic heterocycles. The predicted octanol–water partition coefficient (Wildman–Crippen LogP) is 7.86. The maximum atomic E-state index is 6.62. The van der Waals surface area contributed by atoms with Gasteiger partial charge in [0.1, 0.15) is 23.1 Å². The second-order valence-electron chi connectivity index (χ2n) is 9.49. The number of benzene rings is 4. The minimum atomic E-state index is 0.820. The summed E-state index contributed by atoms with van der Waals surface area (Å²) in [5, 5.41) is 0. The van der Waals surface area contributed by atoms with Crippen LogP contribution in [0.25, 0.3) is 11.1 Å². The highest BCUT2D eigenvalue weighted by Gasteiger charge is 2.27. The number of aryl methyl sites for hydroxylation is 3. The molecule has 0 radical (unpaired) electrons. The summed E-state index contributed by atoms with van der Waals surface area (Å²) in [7, 11) is 5.82. The van der Waals surface area contributed by atoms with Crippen LogP contribution in [0, 0.1) is 0 Å². The number of anilines is 2. The smallest absolute Gasteiger partial charge is 0.137 e. The van der Waals surface area contributed by atoms with Crippen molar-refractivity contribution in [2.45, 2.75) is 26.2 Å². The van der Waals surface area contributed by atoms with E-state index in [2.05, 4.69) is 103 Å². The van der Waals surface area contributed by atoms with Gasteiger partial charge in [0, 0.05) is 25.7 Å². The summed E-state index contributed by atoms with van der Waals surface area (Å²) in [6.45, 7) is 6.40. The van der Waals surface area contributed by atoms with Gasteiger partial charge in [-0.25, -0.2) is 0 Å². The molecule has 4 aromatic carbocycles. The summed E-state index contributed by atoms with van der Waals surface area (Å²) in [5.74, 6) is 3.50. The summed E-state index contributed by atoms with van der Waals surface area (Å²) >= 11 is 0. The van der Waals surface area contributed by atoms with Gasteiger partial charge < -0.3 is 19.3 Å². The second kappa shape index (κ2) is 10.4. The van der Waals surface area contributed by atoms with E-state index in [1.54, 1.807) is 7.11 Å². The molecule has 37 heavy (non-hydrogen) atoms. The van der Waals surface area contributed by atoms with Crippen LogP contribution in [0.15, 0.2) is 97.3 Å². The van der Waals surface area contributed by atoms with E-state index in [-0.39, 0.29) is 0 Å². The third-order valence-electron chi connectivity index (χ3n) is 7.22. The van der Waals surface area contributed by atoms with Crippen LogP contribution in [0.3, 0.4) is 0 Å². The Hall–Kier alpha value is -4.18. The lowest BCUT2D eigenvalue weighted by Gasteiger charge is -2.18. The Bertz CT molecular complexity index is 1430. The number of rotatable bonds is 8. The molecule has 5 rings (SSSR count). The molecule has 1 aliphatic heterocycles. The Labute approximate surface area is 220 Å². The zero-order chi connectivity index (χ0) is 25.9. The largest absolute Gasteiger partial charge is 0.496 e. The molecule has 0 unspecified atom stereocenters. The Kier molecular flexibility index (Phi) is 6.91. The fraction of sp³-hybridized carbons (Fsp3) is 0.212. The number of methoxy groups -OCH3 is 1. The van der Waals surface area contributed by atoms with E-state index in [0.29, 0.717) is 0 Å². The first-order valence-electron chi connectivity index (χ1n) is 12.8. The fourth-order valence-corrected chi connectivity index (χ4v) is 4.96. The van der Waals surface area contributed by atoms with E-state index >= 15 is 0 Å². The predicted molar refractivity (Wildman–Crippen MR) is 154 cm³/mol. The average Bonchev–Trinajstić information content (AvgIpc) is 3.15. The highest BCUT2D eigenvalue weighted by atomic mass is 16.5. The van der Waals surface area contributed by atoms with E-state index < -0.39 is 0 Å². The molecule has 0 aliphatic carbocycles. The number of ether oxygens (including phenoxy) is 2. The fourth-order valence-electron chi connectivity index (χ4n) is 4.96. The molecule has 0 N–H and O–H groups in total. The molecule has 4 heteroatoms. The number of nitrogens with zero attached hydrogens (tertiary/aromatic N) is 2. The van der Waals surface area contributed by atoms with Crippen LogP contribution in [-0.2, 0) is 19.3 Å². The van der Waals surface area contributed by atoms with Crippen molar-refractivity contribution in [3.63, 3.8) is 0 Å². The minimum Gasteiger partial charge on any atom is -0.496 e. The Balaban J connectivity index is 1.52. The van der Waals surface area contributed by atoms with Crippen LogP contribution in [0.4, 0.5) is 11.4 Å². The molecule has 0 fully saturated rings. The van der Waals surface area contributed by atoms with Crippen molar-refractivity contribution < 1.29 is 9.47 Å². The van der Waals surface area contributed by atoms with Crippen molar-refractivity contribution in [1.29, 1.82) is 0 Å². The Morgan fingerprint density at radius 1 is 0.730 bits per heavy atom. The maximum absolute atomic E-state index is 6.62. The SMILES string of the molecule is C=C1N(C)c2cc(Oc3cccc(CCc4ccccc4)c3)c(-c3ccc(OC)c(CC)c3)cc2N1C. The van der Waals surface area contributed by atoms with Crippen LogP contribution >= 0.6 is 0 Å². The van der Waals surface area contributed by atoms with Gasteiger partial charge in [-0.1, -0.05) is 62.0 Å². The van der Waals surface area contributed by atoms with Gasteiger partial charge >= 0.3 is 0 Å². The zero-order valence-corrected chi connectivity index (χ0v) is 22.1. The zero-order valence-electron chi connectivity index (χ0n) is 22.1. The van der Waals surface area contributed by atoms with E-state index in [9.17, 15) is 0 Å². The second-order valence-corrected chi connectivity index (χ2v) is 9.49. The van der Waals surface area contributed by atoms with Gasteiger partial charge in [0.15, 0.2) is 0 Å². The highest BCUT2D eigenvalue weighted by Crippen LogP contribution is 2.47. The molecule has 4 nitrogen and oxygen atoms in total. The summed E-state index contributed by atoms with van der Waals surface area (Å²) in [4.78, 5) is 4.23. The van der Waals surface area contributed by atoms with Gasteiger partial charge in [-0.3, -0.25) is 0 Å². The summed E-state index contributed by atoms with van der Waals surface area (Å²) in [6.07, 6.45) is 2.85. The number of hydrogen-bond acceptors (Lipinski definition) is 4. The van der Waals surface area contributed by atoms with Crippen molar-refractivity contribution >= 4 is 11.4 Å². The first-order valence-corrected chi connectivity index (χ1v) is 12.8. The van der Waals surface area contributed by atoms with Crippen LogP contribution in [0.1, 0.15) is 23.6 Å². The normalized spacial score (nSPS) is 12.6. The molecule has 0 amide bonds. The van der Waals surface area contributed by atoms with Crippen molar-refractivity contribution in [2.24, 2.45) is 0 Å². The molecule has 1 aliphatic rings. The standard InChI is InChI=1S/C33H34N2O2/c1-6-26-20-27(17-18-32(26)36-5)29-21-30-31(35(4)23(2)34(30)3)22-33(29)37-28-14-10-13-25(19-28)16-15-24-11-8-7-9-12-24/h7-14,17-22H,2,6,15-16H2,1,3-5H3. The van der Waals surface area contributed by atoms with E-state index in [1.807, 2.05) is 19.2 Å². The first kappa shape index (κ1) is 24.5. The molecule has 1 heterocycles. The summed E-state index contributed by atoms with van der Waals surface area (Å²) in [5.41, 5.74) is 8.10. The van der Waals surface area contributed by atoms with Gasteiger partial charge in [0.05, 0.1) is 18.5 Å². The van der Waals surface area contributed by atoms with Crippen LogP contribution < -0.4 is 19.3 Å². The molecule has 188 valence electrons. The summed E-state index contributed by atoms with van der Waals surface area (Å²) < 4.78 is 12.2. The quantitative estimate of drug-likeness (QED) is 0.251. The third-order valence-corrected chi connectivity index (χ3v) is 7.22. The Morgan fingerprint density at radius 2 is 1.43 bits per heavy atom. The summed E-state index contributed by atoms with van der Waals surface area (Å²) in [6, 6.07) is 29.7. The van der Waals surface area contributed by atoms with Crippen molar-refractivity contribution in [3.05, 3.63) is 114 Å². The molecule has 0 atom stereocenters. The first-order chi connectivity index (χ1) is 18.0. The molecule has 4 aromatic rings. The van der Waals surface area contributed by atoms with E-state index in [4.69, 9.17) is 9.47 Å². The third kappa shape index (κ3) is 4.92. The molecule has 0 saturated carbocycles. The van der Waals surface area contributed by atoms with Crippen molar-refractivity contribution in [2.75, 3.05) is 31.0 Å². The van der Waals surface area contributed by atoms with E-state index in [1.165, 1.54) is 16.7 Å². The highest BCUT2D eigenvalue weighted by molar-refractivity contribution is 5.89. The van der Waals surface area contributed by atoms with Gasteiger partial charge in [-0.05, 0) is 71.8 Å². The maximum Gasteiger partial charge on any atom is 0.137 e. The van der Waals surface area contributed by atoms with Gasteiger partial charge in [-0.15, -0.1) is 0 Å². The van der Waals surface area contributed by atoms with Gasteiger partial charge in [-0.2, -0.15) is 0 Å². The van der Waals surface area contributed by atoms with Gasteiger partial charge in [0.25, 0.3) is 0 Å².